The SMILES string of the molecule is CN1CCN(C(=O)CNC(=O)/C=C/c2ccc(C(F)(F)F)cc2)[C@@H](C(=O)N(C)C)C1. The summed E-state index contributed by atoms with van der Waals surface area (Å²) in [6, 6.07) is 3.73. The Hall–Kier alpha value is -2.88. The Kier molecular flexibility index (Phi) is 7.60. The molecule has 0 aromatic heterocycles. The molecule has 1 aromatic carbocycles. The summed E-state index contributed by atoms with van der Waals surface area (Å²) < 4.78 is 37.7. The van der Waals surface area contributed by atoms with Gasteiger partial charge in [-0.1, -0.05) is 12.1 Å². The maximum absolute atomic E-state index is 12.6. The summed E-state index contributed by atoms with van der Waals surface area (Å²) >= 11 is 0. The Bertz CT molecular complexity index is 807. The maximum atomic E-state index is 12.6. The number of nitrogens with one attached hydrogen (secondary N) is 1. The number of benzene rings is 1. The minimum atomic E-state index is -4.42. The van der Waals surface area contributed by atoms with Gasteiger partial charge in [0.05, 0.1) is 12.1 Å². The Morgan fingerprint density at radius 2 is 1.80 bits per heavy atom. The molecule has 1 atom stereocenters. The molecule has 10 heteroatoms. The van der Waals surface area contributed by atoms with E-state index in [1.807, 2.05) is 11.9 Å². The molecule has 1 aliphatic heterocycles. The molecule has 0 spiro atoms. The first-order valence-electron chi connectivity index (χ1n) is 9.31. The first-order valence-corrected chi connectivity index (χ1v) is 9.31. The van der Waals surface area contributed by atoms with Crippen molar-refractivity contribution in [3.63, 3.8) is 0 Å². The molecule has 164 valence electrons. The van der Waals surface area contributed by atoms with Crippen molar-refractivity contribution in [3.05, 3.63) is 41.5 Å². The predicted octanol–water partition coefficient (Wildman–Crippen LogP) is 1.07. The van der Waals surface area contributed by atoms with Crippen LogP contribution in [0.25, 0.3) is 6.08 Å². The van der Waals surface area contributed by atoms with Crippen molar-refractivity contribution in [2.75, 3.05) is 47.3 Å². The van der Waals surface area contributed by atoms with E-state index in [0.717, 1.165) is 18.2 Å². The second-order valence-electron chi connectivity index (χ2n) is 7.27. The zero-order valence-corrected chi connectivity index (χ0v) is 17.1. The highest BCUT2D eigenvalue weighted by molar-refractivity contribution is 5.95. The highest BCUT2D eigenvalue weighted by atomic mass is 19.4. The third-order valence-corrected chi connectivity index (χ3v) is 4.71. The van der Waals surface area contributed by atoms with Crippen molar-refractivity contribution in [1.29, 1.82) is 0 Å². The number of piperazine rings is 1. The van der Waals surface area contributed by atoms with Gasteiger partial charge in [0.15, 0.2) is 0 Å². The van der Waals surface area contributed by atoms with Crippen LogP contribution in [0.5, 0.6) is 0 Å². The zero-order chi connectivity index (χ0) is 22.5. The van der Waals surface area contributed by atoms with Gasteiger partial charge in [-0.15, -0.1) is 0 Å². The highest BCUT2D eigenvalue weighted by Gasteiger charge is 2.35. The molecule has 0 bridgehead atoms. The van der Waals surface area contributed by atoms with Crippen LogP contribution in [0, 0.1) is 0 Å². The molecular formula is C20H25F3N4O3. The molecule has 3 amide bonds. The van der Waals surface area contributed by atoms with Crippen molar-refractivity contribution < 1.29 is 27.6 Å². The fourth-order valence-electron chi connectivity index (χ4n) is 3.01. The number of carbonyl (C=O) groups is 3. The van der Waals surface area contributed by atoms with Crippen LogP contribution in [0.1, 0.15) is 11.1 Å². The van der Waals surface area contributed by atoms with Crippen LogP contribution in [0.2, 0.25) is 0 Å². The average molecular weight is 426 g/mol. The minimum absolute atomic E-state index is 0.191. The van der Waals surface area contributed by atoms with Crippen LogP contribution in [0.3, 0.4) is 0 Å². The fourth-order valence-corrected chi connectivity index (χ4v) is 3.01. The van der Waals surface area contributed by atoms with E-state index in [1.165, 1.54) is 28.0 Å². The van der Waals surface area contributed by atoms with E-state index in [1.54, 1.807) is 14.1 Å². The Morgan fingerprint density at radius 1 is 1.17 bits per heavy atom. The van der Waals surface area contributed by atoms with E-state index in [9.17, 15) is 27.6 Å². The average Bonchev–Trinajstić information content (AvgIpc) is 2.69. The van der Waals surface area contributed by atoms with Gasteiger partial charge in [-0.25, -0.2) is 0 Å². The summed E-state index contributed by atoms with van der Waals surface area (Å²) in [5.74, 6) is -1.13. The molecule has 0 saturated carbocycles. The van der Waals surface area contributed by atoms with Gasteiger partial charge < -0.3 is 20.0 Å². The Labute approximate surface area is 173 Å². The number of halogens is 3. The molecule has 0 radical (unpaired) electrons. The normalized spacial score (nSPS) is 17.8. The first-order chi connectivity index (χ1) is 14.0. The van der Waals surface area contributed by atoms with E-state index in [-0.39, 0.29) is 18.4 Å². The Morgan fingerprint density at radius 3 is 2.37 bits per heavy atom. The summed E-state index contributed by atoms with van der Waals surface area (Å²) in [4.78, 5) is 41.7. The molecule has 1 N–H and O–H groups in total. The monoisotopic (exact) mass is 426 g/mol. The molecule has 7 nitrogen and oxygen atoms in total. The third kappa shape index (κ3) is 6.31. The Balaban J connectivity index is 1.92. The van der Waals surface area contributed by atoms with Crippen LogP contribution >= 0.6 is 0 Å². The van der Waals surface area contributed by atoms with Crippen LogP contribution < -0.4 is 5.32 Å². The molecule has 1 saturated heterocycles. The van der Waals surface area contributed by atoms with Crippen LogP contribution in [-0.4, -0.2) is 85.8 Å². The quantitative estimate of drug-likeness (QED) is 0.715. The second-order valence-corrected chi connectivity index (χ2v) is 7.27. The van der Waals surface area contributed by atoms with Gasteiger partial charge in [0, 0.05) is 39.8 Å². The van der Waals surface area contributed by atoms with E-state index in [2.05, 4.69) is 5.32 Å². The van der Waals surface area contributed by atoms with Gasteiger partial charge in [-0.3, -0.25) is 14.4 Å². The molecule has 1 heterocycles. The van der Waals surface area contributed by atoms with Gasteiger partial charge in [0.2, 0.25) is 17.7 Å². The van der Waals surface area contributed by atoms with E-state index in [4.69, 9.17) is 0 Å². The van der Waals surface area contributed by atoms with Crippen molar-refractivity contribution in [1.82, 2.24) is 20.0 Å². The molecule has 2 rings (SSSR count). The van der Waals surface area contributed by atoms with Crippen LogP contribution in [0.4, 0.5) is 13.2 Å². The lowest BCUT2D eigenvalue weighted by molar-refractivity contribution is -0.147. The minimum Gasteiger partial charge on any atom is -0.347 e. The number of likely N-dealkylation sites (N-methyl/N-ethyl adjacent to an activating group) is 2. The topological polar surface area (TPSA) is 73.0 Å². The standard InChI is InChI=1S/C20H25F3N4O3/c1-25(2)19(30)16-13-26(3)10-11-27(16)18(29)12-24-17(28)9-6-14-4-7-15(8-5-14)20(21,22)23/h4-9,16H,10-13H2,1-3H3,(H,24,28)/b9-6+/t16-/m1/s1. The van der Waals surface area contributed by atoms with Gasteiger partial charge in [-0.05, 0) is 30.8 Å². The molecule has 0 aliphatic carbocycles. The molecule has 1 aromatic rings. The number of carbonyl (C=O) groups excluding carboxylic acids is 3. The van der Waals surface area contributed by atoms with E-state index in [0.29, 0.717) is 25.2 Å². The van der Waals surface area contributed by atoms with Crippen molar-refractivity contribution >= 4 is 23.8 Å². The summed E-state index contributed by atoms with van der Waals surface area (Å²) in [7, 11) is 5.10. The maximum Gasteiger partial charge on any atom is 0.416 e. The summed E-state index contributed by atoms with van der Waals surface area (Å²) in [6.45, 7) is 1.11. The number of nitrogens with zero attached hydrogens (tertiary/aromatic N) is 3. The number of amides is 3. The fraction of sp³-hybridized carbons (Fsp3) is 0.450. The zero-order valence-electron chi connectivity index (χ0n) is 17.1. The van der Waals surface area contributed by atoms with Crippen molar-refractivity contribution in [3.8, 4) is 0 Å². The largest absolute Gasteiger partial charge is 0.416 e. The molecule has 0 unspecified atom stereocenters. The predicted molar refractivity (Wildman–Crippen MR) is 105 cm³/mol. The second kappa shape index (κ2) is 9.75. The van der Waals surface area contributed by atoms with Crippen LogP contribution in [0.15, 0.2) is 30.3 Å². The number of hydrogen-bond acceptors (Lipinski definition) is 4. The van der Waals surface area contributed by atoms with Gasteiger partial charge in [0.1, 0.15) is 6.04 Å². The van der Waals surface area contributed by atoms with Gasteiger partial charge >= 0.3 is 6.18 Å². The summed E-state index contributed by atoms with van der Waals surface area (Å²) in [6.07, 6.45) is -1.93. The molecule has 1 aliphatic rings. The lowest BCUT2D eigenvalue weighted by atomic mass is 10.1. The van der Waals surface area contributed by atoms with Gasteiger partial charge in [-0.2, -0.15) is 13.2 Å². The summed E-state index contributed by atoms with van der Waals surface area (Å²) in [5, 5.41) is 2.45. The van der Waals surface area contributed by atoms with Gasteiger partial charge in [0.25, 0.3) is 0 Å². The number of alkyl halides is 3. The van der Waals surface area contributed by atoms with E-state index >= 15 is 0 Å². The van der Waals surface area contributed by atoms with E-state index < -0.39 is 23.7 Å². The smallest absolute Gasteiger partial charge is 0.347 e. The van der Waals surface area contributed by atoms with Crippen molar-refractivity contribution in [2.24, 2.45) is 0 Å². The number of rotatable bonds is 5. The molecular weight excluding hydrogens is 401 g/mol. The number of hydrogen-bond donors (Lipinski definition) is 1. The van der Waals surface area contributed by atoms with Crippen LogP contribution in [-0.2, 0) is 20.6 Å². The van der Waals surface area contributed by atoms with Crippen molar-refractivity contribution in [2.45, 2.75) is 12.2 Å². The first kappa shape index (κ1) is 23.4. The highest BCUT2D eigenvalue weighted by Crippen LogP contribution is 2.29. The lowest BCUT2D eigenvalue weighted by Gasteiger charge is -2.40. The molecule has 30 heavy (non-hydrogen) atoms. The third-order valence-electron chi connectivity index (χ3n) is 4.71. The molecule has 1 fully saturated rings. The lowest BCUT2D eigenvalue weighted by Crippen LogP contribution is -2.60. The summed E-state index contributed by atoms with van der Waals surface area (Å²) in [5.41, 5.74) is -0.358.